The predicted molar refractivity (Wildman–Crippen MR) is 487 cm³/mol. The predicted octanol–water partition coefficient (Wildman–Crippen LogP) is 26.7. The van der Waals surface area contributed by atoms with Gasteiger partial charge in [0.2, 0.25) is 0 Å². The van der Waals surface area contributed by atoms with Crippen LogP contribution in [0.15, 0.2) is 419 Å². The summed E-state index contributed by atoms with van der Waals surface area (Å²) in [6.07, 6.45) is 0. The lowest BCUT2D eigenvalue weighted by Crippen LogP contribution is -2.61. The van der Waals surface area contributed by atoms with Gasteiger partial charge in [0.05, 0.1) is 56.7 Å². The Labute approximate surface area is 679 Å². The van der Waals surface area contributed by atoms with Gasteiger partial charge in [-0.25, -0.2) is 0 Å². The Morgan fingerprint density at radius 2 is 0.504 bits per heavy atom. The van der Waals surface area contributed by atoms with E-state index in [0.29, 0.717) is 11.1 Å². The van der Waals surface area contributed by atoms with Gasteiger partial charge in [-0.05, 0) is 203 Å². The fourth-order valence-electron chi connectivity index (χ4n) is 18.8. The maximum atomic E-state index is 11.2. The van der Waals surface area contributed by atoms with E-state index < -0.39 is 6.71 Å². The Balaban J connectivity index is 0.936. The molecule has 18 aromatic carbocycles. The Kier molecular flexibility index (Phi) is 16.4. The first-order valence-electron chi connectivity index (χ1n) is 39.8. The molecule has 6 nitrogen and oxygen atoms in total. The number of hydrogen-bond donors (Lipinski definition) is 0. The molecule has 0 aliphatic carbocycles. The summed E-state index contributed by atoms with van der Waals surface area (Å²) < 4.78 is 4.92. The molecule has 0 saturated heterocycles. The zero-order valence-corrected chi connectivity index (χ0v) is 63.6. The third-order valence-corrected chi connectivity index (χ3v) is 23.9. The van der Waals surface area contributed by atoms with E-state index in [1.165, 1.54) is 21.5 Å². The second kappa shape index (κ2) is 28.1. The van der Waals surface area contributed by atoms with Crippen LogP contribution in [-0.4, -0.2) is 15.8 Å². The summed E-state index contributed by atoms with van der Waals surface area (Å²) in [5, 5.41) is 27.1. The van der Waals surface area contributed by atoms with Crippen LogP contribution in [0.3, 0.4) is 0 Å². The van der Waals surface area contributed by atoms with Gasteiger partial charge < -0.3 is 18.9 Å². The van der Waals surface area contributed by atoms with Gasteiger partial charge in [-0.15, -0.1) is 0 Å². The molecule has 4 heterocycles. The number of nitriles is 2. The van der Waals surface area contributed by atoms with Gasteiger partial charge >= 0.3 is 0 Å². The first kappa shape index (κ1) is 68.0. The van der Waals surface area contributed by atoms with Crippen molar-refractivity contribution < 1.29 is 0 Å². The third kappa shape index (κ3) is 11.3. The lowest BCUT2D eigenvalue weighted by Gasteiger charge is -2.46. The fourth-order valence-corrected chi connectivity index (χ4v) is 18.8. The van der Waals surface area contributed by atoms with Crippen LogP contribution in [0.2, 0.25) is 0 Å². The van der Waals surface area contributed by atoms with Gasteiger partial charge in [0, 0.05) is 77.9 Å². The van der Waals surface area contributed by atoms with E-state index in [0.717, 1.165) is 184 Å². The molecule has 2 aromatic heterocycles. The highest BCUT2D eigenvalue weighted by atomic mass is 15.2. The van der Waals surface area contributed by atoms with Crippen molar-refractivity contribution in [3.63, 3.8) is 0 Å². The molecule has 0 spiro atoms. The van der Waals surface area contributed by atoms with E-state index in [9.17, 15) is 10.5 Å². The summed E-state index contributed by atoms with van der Waals surface area (Å²) in [6, 6.07) is 158. The van der Waals surface area contributed by atoms with Crippen molar-refractivity contribution in [2.75, 3.05) is 9.80 Å². The first-order valence-corrected chi connectivity index (χ1v) is 39.8. The zero-order valence-electron chi connectivity index (χ0n) is 63.6. The zero-order chi connectivity index (χ0) is 77.6. The van der Waals surface area contributed by atoms with Crippen molar-refractivity contribution in [2.24, 2.45) is 0 Å². The SMILES string of the molecule is N#Cc1ccccc1-c1cc(-c2ccccc2)c(N2c3cc(-n4c5ccccc5c5ccccc54)ccc3B3c4ccc(-n5c6ccccc6c6ccccc65)cc4N(c4c(-c5ccccc5)cc(-c5ccccc5C#N)cc4-c4cccc(-c5ccccc5)c4)c4cc(-c5ccccc5)cc2c43)c(-c2cccc(-c3ccccc3)c2)c1. The second-order valence-electron chi connectivity index (χ2n) is 30.4. The number of fused-ring (bicyclic) bond motifs is 10. The molecule has 0 bridgehead atoms. The molecular weight excluding hydrogens is 1420 g/mol. The van der Waals surface area contributed by atoms with E-state index >= 15 is 0 Å². The van der Waals surface area contributed by atoms with Crippen molar-refractivity contribution in [1.29, 1.82) is 10.5 Å². The summed E-state index contributed by atoms with van der Waals surface area (Å²) in [5.41, 5.74) is 34.9. The van der Waals surface area contributed by atoms with Crippen molar-refractivity contribution in [3.05, 3.63) is 430 Å². The average molecular weight is 1490 g/mol. The summed E-state index contributed by atoms with van der Waals surface area (Å²) >= 11 is 0. The largest absolute Gasteiger partial charge is 0.310 e. The Morgan fingerprint density at radius 1 is 0.205 bits per heavy atom. The number of hydrogen-bond acceptors (Lipinski definition) is 4. The Hall–Kier alpha value is -15.8. The molecule has 0 saturated carbocycles. The highest BCUT2D eigenvalue weighted by molar-refractivity contribution is 7.00. The molecule has 2 aliphatic rings. The number of rotatable bonds is 13. The summed E-state index contributed by atoms with van der Waals surface area (Å²) in [6.45, 7) is -0.393. The van der Waals surface area contributed by atoms with Crippen LogP contribution in [0, 0.1) is 22.7 Å². The molecule has 20 aromatic rings. The first-order chi connectivity index (χ1) is 58.0. The van der Waals surface area contributed by atoms with Crippen LogP contribution < -0.4 is 26.2 Å². The van der Waals surface area contributed by atoms with Crippen molar-refractivity contribution in [2.45, 2.75) is 0 Å². The van der Waals surface area contributed by atoms with Gasteiger partial charge in [-0.1, -0.05) is 309 Å². The van der Waals surface area contributed by atoms with E-state index in [-0.39, 0.29) is 0 Å². The quantitative estimate of drug-likeness (QED) is 0.108. The highest BCUT2D eigenvalue weighted by Crippen LogP contribution is 2.56. The Morgan fingerprint density at radius 3 is 0.872 bits per heavy atom. The highest BCUT2D eigenvalue weighted by Gasteiger charge is 2.46. The van der Waals surface area contributed by atoms with E-state index in [1.807, 2.05) is 36.4 Å². The minimum Gasteiger partial charge on any atom is -0.310 e. The summed E-state index contributed by atoms with van der Waals surface area (Å²) in [5.74, 6) is 0. The van der Waals surface area contributed by atoms with E-state index in [4.69, 9.17) is 0 Å². The van der Waals surface area contributed by atoms with Crippen LogP contribution in [-0.2, 0) is 0 Å². The molecule has 0 atom stereocenters. The molecule has 0 unspecified atom stereocenters. The third-order valence-electron chi connectivity index (χ3n) is 23.9. The van der Waals surface area contributed by atoms with Crippen LogP contribution in [0.1, 0.15) is 11.1 Å². The number of anilines is 6. The molecule has 0 N–H and O–H groups in total. The number of benzene rings is 18. The van der Waals surface area contributed by atoms with Gasteiger partial charge in [0.1, 0.15) is 0 Å². The second-order valence-corrected chi connectivity index (χ2v) is 30.4. The van der Waals surface area contributed by atoms with Crippen LogP contribution in [0.4, 0.5) is 34.1 Å². The van der Waals surface area contributed by atoms with Crippen molar-refractivity contribution >= 4 is 101 Å². The van der Waals surface area contributed by atoms with Gasteiger partial charge in [0.15, 0.2) is 0 Å². The molecule has 7 heteroatoms. The topological polar surface area (TPSA) is 63.9 Å². The maximum absolute atomic E-state index is 11.2. The summed E-state index contributed by atoms with van der Waals surface area (Å²) in [4.78, 5) is 5.28. The lowest BCUT2D eigenvalue weighted by atomic mass is 9.33. The van der Waals surface area contributed by atoms with Crippen LogP contribution >= 0.6 is 0 Å². The molecule has 0 fully saturated rings. The molecule has 0 amide bonds. The maximum Gasteiger partial charge on any atom is 0.252 e. The lowest BCUT2D eigenvalue weighted by molar-refractivity contribution is 1.17. The van der Waals surface area contributed by atoms with Gasteiger partial charge in [-0.3, -0.25) is 0 Å². The molecular formula is C110H69BN6. The number of aromatic nitrogens is 2. The number of para-hydroxylation sites is 4. The Bertz CT molecular complexity index is 6950. The van der Waals surface area contributed by atoms with Crippen molar-refractivity contribution in [1.82, 2.24) is 9.13 Å². The smallest absolute Gasteiger partial charge is 0.252 e. The van der Waals surface area contributed by atoms with E-state index in [2.05, 4.69) is 413 Å². The molecule has 2 aliphatic heterocycles. The summed E-state index contributed by atoms with van der Waals surface area (Å²) in [7, 11) is 0. The fraction of sp³-hybridized carbons (Fsp3) is 0. The van der Waals surface area contributed by atoms with Crippen molar-refractivity contribution in [3.8, 4) is 124 Å². The molecule has 22 rings (SSSR count). The van der Waals surface area contributed by atoms with Crippen LogP contribution in [0.5, 0.6) is 0 Å². The monoisotopic (exact) mass is 1480 g/mol. The van der Waals surface area contributed by atoms with Crippen LogP contribution in [0.25, 0.3) is 155 Å². The minimum absolute atomic E-state index is 0.393. The normalized spacial score (nSPS) is 12.0. The van der Waals surface area contributed by atoms with Gasteiger partial charge in [0.25, 0.3) is 6.71 Å². The molecule has 542 valence electrons. The molecule has 117 heavy (non-hydrogen) atoms. The standard InChI is InChI=1S/C110H69BN6/c112-70-81-40-16-18-46-88(81)84-62-94(75-36-12-4-13-37-75)109(96(64-84)79-44-28-42-77(60-79)72-30-6-1-7-31-72)116-104-68-86(114-100-52-24-20-48-90(100)91-49-21-25-53-101(91)114)56-58-98(104)111-99-59-57-87(115-102-54-26-22-50-92(102)93-51-23-27-55-103(93)115)69-105(99)117(107-67-83(66-106(116)108(107)111)74-34-10-3-11-35-74)110-95(76-38-14-5-15-39-76)63-85(89-47-19-17-41-82(89)71-113)65-97(110)80-45-29-43-78(61-80)73-32-8-2-9-33-73/h1-69H. The minimum atomic E-state index is -0.393. The van der Waals surface area contributed by atoms with Gasteiger partial charge in [-0.2, -0.15) is 10.5 Å². The van der Waals surface area contributed by atoms with E-state index in [1.54, 1.807) is 0 Å². The molecule has 0 radical (unpaired) electrons. The average Bonchev–Trinajstić information content (AvgIpc) is 1.09. The number of nitrogens with zero attached hydrogens (tertiary/aromatic N) is 6.